The van der Waals surface area contributed by atoms with E-state index >= 15 is 0 Å². The first kappa shape index (κ1) is 26.9. The molecule has 3 N–H and O–H groups in total. The van der Waals surface area contributed by atoms with Crippen LogP contribution in [-0.2, 0) is 29.2 Å². The lowest BCUT2D eigenvalue weighted by Gasteiger charge is -2.21. The number of carboxylic acids is 2. The highest BCUT2D eigenvalue weighted by Gasteiger charge is 2.20. The summed E-state index contributed by atoms with van der Waals surface area (Å²) < 4.78 is 6.80. The van der Waals surface area contributed by atoms with E-state index < -0.39 is 11.9 Å². The predicted octanol–water partition coefficient (Wildman–Crippen LogP) is 2.58. The SMILES string of the molecule is O=C(O)CN(Cc1ccc(C(=O)O)cc1)Cc1cc(C(=O)N(I)Cc2ccc3c(c2)NC(=O)CO3)ncn1. The topological polar surface area (TPSA) is 162 Å². The number of nitrogens with one attached hydrogen (secondary N) is 1. The maximum absolute atomic E-state index is 13.1. The Hall–Kier alpha value is -4.11. The number of hydrogen-bond acceptors (Lipinski definition) is 8. The fourth-order valence-electron chi connectivity index (χ4n) is 3.79. The highest BCUT2D eigenvalue weighted by molar-refractivity contribution is 14.1. The van der Waals surface area contributed by atoms with Crippen molar-refractivity contribution in [3.05, 3.63) is 82.9 Å². The summed E-state index contributed by atoms with van der Waals surface area (Å²) in [6.07, 6.45) is 1.25. The van der Waals surface area contributed by atoms with E-state index in [1.807, 2.05) is 22.9 Å². The maximum atomic E-state index is 13.1. The van der Waals surface area contributed by atoms with E-state index in [-0.39, 0.29) is 55.9 Å². The van der Waals surface area contributed by atoms with E-state index in [9.17, 15) is 24.3 Å². The van der Waals surface area contributed by atoms with Crippen molar-refractivity contribution in [3.8, 4) is 5.75 Å². The molecule has 13 heteroatoms. The van der Waals surface area contributed by atoms with Gasteiger partial charge in [-0.25, -0.2) is 14.8 Å². The van der Waals surface area contributed by atoms with Crippen LogP contribution in [0.5, 0.6) is 5.75 Å². The van der Waals surface area contributed by atoms with Gasteiger partial charge in [-0.3, -0.25) is 22.4 Å². The summed E-state index contributed by atoms with van der Waals surface area (Å²) in [5.74, 6) is -2.15. The fourth-order valence-corrected chi connectivity index (χ4v) is 4.43. The zero-order valence-corrected chi connectivity index (χ0v) is 22.0. The van der Waals surface area contributed by atoms with Crippen LogP contribution in [0.15, 0.2) is 54.9 Å². The second kappa shape index (κ2) is 12.0. The first-order chi connectivity index (χ1) is 18.2. The van der Waals surface area contributed by atoms with Crippen LogP contribution in [-0.4, -0.2) is 65.1 Å². The Labute approximate surface area is 230 Å². The number of rotatable bonds is 10. The van der Waals surface area contributed by atoms with E-state index in [0.717, 1.165) is 11.1 Å². The van der Waals surface area contributed by atoms with Crippen LogP contribution in [0.25, 0.3) is 0 Å². The molecule has 1 aliphatic heterocycles. The molecule has 0 fully saturated rings. The van der Waals surface area contributed by atoms with Crippen molar-refractivity contribution in [1.82, 2.24) is 18.0 Å². The number of aromatic carboxylic acids is 1. The van der Waals surface area contributed by atoms with Gasteiger partial charge in [0.1, 0.15) is 17.8 Å². The summed E-state index contributed by atoms with van der Waals surface area (Å²) in [5.41, 5.74) is 2.76. The number of ether oxygens (including phenoxy) is 1. The van der Waals surface area contributed by atoms with Gasteiger partial charge in [0.05, 0.1) is 52.9 Å². The molecule has 0 radical (unpaired) electrons. The number of fused-ring (bicyclic) bond motifs is 1. The minimum atomic E-state index is -1.05. The van der Waals surface area contributed by atoms with Crippen molar-refractivity contribution in [2.45, 2.75) is 19.6 Å². The molecular formula is C25H22IN5O7. The molecule has 12 nitrogen and oxygen atoms in total. The lowest BCUT2D eigenvalue weighted by Crippen LogP contribution is -2.29. The third-order valence-electron chi connectivity index (χ3n) is 5.51. The van der Waals surface area contributed by atoms with Crippen molar-refractivity contribution in [1.29, 1.82) is 0 Å². The highest BCUT2D eigenvalue weighted by Crippen LogP contribution is 2.29. The number of benzene rings is 2. The van der Waals surface area contributed by atoms with Gasteiger partial charge in [-0.2, -0.15) is 0 Å². The first-order valence-corrected chi connectivity index (χ1v) is 12.2. The number of halogens is 1. The molecule has 0 spiro atoms. The number of hydrogen-bond donors (Lipinski definition) is 3. The van der Waals surface area contributed by atoms with Crippen molar-refractivity contribution < 1.29 is 34.1 Å². The van der Waals surface area contributed by atoms with Crippen LogP contribution in [0.4, 0.5) is 5.69 Å². The molecule has 2 heterocycles. The summed E-state index contributed by atoms with van der Waals surface area (Å²) in [6, 6.07) is 12.9. The largest absolute Gasteiger partial charge is 0.482 e. The number of aromatic nitrogens is 2. The average Bonchev–Trinajstić information content (AvgIpc) is 2.88. The van der Waals surface area contributed by atoms with Crippen molar-refractivity contribution >= 4 is 52.3 Å². The number of aliphatic carboxylic acids is 1. The highest BCUT2D eigenvalue weighted by atomic mass is 127. The Morgan fingerprint density at radius 2 is 1.71 bits per heavy atom. The molecule has 38 heavy (non-hydrogen) atoms. The Morgan fingerprint density at radius 3 is 2.42 bits per heavy atom. The summed E-state index contributed by atoms with van der Waals surface area (Å²) in [6.45, 7) is 0.266. The van der Waals surface area contributed by atoms with E-state index in [0.29, 0.717) is 17.1 Å². The van der Waals surface area contributed by atoms with Gasteiger partial charge in [0, 0.05) is 13.1 Å². The monoisotopic (exact) mass is 631 g/mol. The Bertz CT molecular complexity index is 1380. The molecule has 196 valence electrons. The first-order valence-electron chi connectivity index (χ1n) is 11.3. The maximum Gasteiger partial charge on any atom is 0.335 e. The van der Waals surface area contributed by atoms with Crippen LogP contribution >= 0.6 is 22.9 Å². The summed E-state index contributed by atoms with van der Waals surface area (Å²) in [4.78, 5) is 57.0. The van der Waals surface area contributed by atoms with Gasteiger partial charge in [0.25, 0.3) is 11.8 Å². The lowest BCUT2D eigenvalue weighted by atomic mass is 10.1. The molecular weight excluding hydrogens is 609 g/mol. The van der Waals surface area contributed by atoms with Gasteiger partial charge >= 0.3 is 11.9 Å². The minimum Gasteiger partial charge on any atom is -0.482 e. The number of anilines is 1. The van der Waals surface area contributed by atoms with Crippen LogP contribution in [0.2, 0.25) is 0 Å². The number of carbonyl (C=O) groups is 4. The zero-order chi connectivity index (χ0) is 27.2. The molecule has 1 aliphatic rings. The second-order valence-electron chi connectivity index (χ2n) is 8.43. The van der Waals surface area contributed by atoms with Gasteiger partial charge in [0.2, 0.25) is 0 Å². The minimum absolute atomic E-state index is 0.0415. The van der Waals surface area contributed by atoms with Crippen molar-refractivity contribution in [2.75, 3.05) is 18.5 Å². The number of carboxylic acid groups (broad SMARTS) is 2. The molecule has 0 saturated carbocycles. The van der Waals surface area contributed by atoms with Crippen LogP contribution in [0.1, 0.15) is 37.7 Å². The van der Waals surface area contributed by atoms with Gasteiger partial charge < -0.3 is 20.3 Å². The molecule has 2 amide bonds. The molecule has 0 unspecified atom stereocenters. The average molecular weight is 631 g/mol. The zero-order valence-electron chi connectivity index (χ0n) is 19.8. The lowest BCUT2D eigenvalue weighted by molar-refractivity contribution is -0.138. The van der Waals surface area contributed by atoms with E-state index in [4.69, 9.17) is 9.84 Å². The van der Waals surface area contributed by atoms with Gasteiger partial charge in [-0.1, -0.05) is 18.2 Å². The quantitative estimate of drug-likeness (QED) is 0.224. The molecule has 0 saturated heterocycles. The summed E-state index contributed by atoms with van der Waals surface area (Å²) in [7, 11) is 0. The molecule has 2 aromatic carbocycles. The Balaban J connectivity index is 1.44. The number of nitrogens with zero attached hydrogens (tertiary/aromatic N) is 4. The van der Waals surface area contributed by atoms with E-state index in [2.05, 4.69) is 15.3 Å². The predicted molar refractivity (Wildman–Crippen MR) is 142 cm³/mol. The standard InChI is InChI=1S/C25H22IN5O7/c26-31(10-16-3-6-21-19(7-16)29-22(32)13-38-21)24(35)20-8-18(27-14-28-20)11-30(12-23(33)34)9-15-1-4-17(5-2-15)25(36)37/h1-8,14H,9-13H2,(H,29,32)(H,33,34)(H,36,37). The molecule has 3 aromatic rings. The van der Waals surface area contributed by atoms with Crippen molar-refractivity contribution in [3.63, 3.8) is 0 Å². The third-order valence-corrected chi connectivity index (χ3v) is 6.29. The number of amides is 2. The fraction of sp³-hybridized carbons (Fsp3) is 0.200. The molecule has 0 atom stereocenters. The molecule has 1 aromatic heterocycles. The van der Waals surface area contributed by atoms with Gasteiger partial charge in [-0.05, 0) is 41.5 Å². The summed E-state index contributed by atoms with van der Waals surface area (Å²) >= 11 is 1.88. The van der Waals surface area contributed by atoms with Gasteiger partial charge in [0.15, 0.2) is 6.61 Å². The van der Waals surface area contributed by atoms with Crippen LogP contribution in [0, 0.1) is 0 Å². The second-order valence-corrected chi connectivity index (χ2v) is 9.59. The smallest absolute Gasteiger partial charge is 0.335 e. The Morgan fingerprint density at radius 1 is 0.974 bits per heavy atom. The Kier molecular flexibility index (Phi) is 8.48. The number of carbonyl (C=O) groups excluding carboxylic acids is 2. The van der Waals surface area contributed by atoms with Crippen LogP contribution < -0.4 is 10.1 Å². The third kappa shape index (κ3) is 7.01. The van der Waals surface area contributed by atoms with E-state index in [1.165, 1.54) is 27.6 Å². The van der Waals surface area contributed by atoms with Crippen molar-refractivity contribution in [2.24, 2.45) is 0 Å². The van der Waals surface area contributed by atoms with E-state index in [1.54, 1.807) is 35.2 Å². The molecule has 0 aliphatic carbocycles. The van der Waals surface area contributed by atoms with Gasteiger partial charge in [-0.15, -0.1) is 0 Å². The normalized spacial score (nSPS) is 12.3. The van der Waals surface area contributed by atoms with Crippen LogP contribution in [0.3, 0.4) is 0 Å². The molecule has 4 rings (SSSR count). The summed E-state index contributed by atoms with van der Waals surface area (Å²) in [5, 5.41) is 21.2. The molecule has 0 bridgehead atoms.